The third kappa shape index (κ3) is 4.23. The zero-order valence-electron chi connectivity index (χ0n) is 14.4. The Labute approximate surface area is 130 Å². The predicted molar refractivity (Wildman–Crippen MR) is 93.0 cm³/mol. The van der Waals surface area contributed by atoms with Crippen LogP contribution in [0.15, 0.2) is 24.3 Å². The molecule has 0 saturated heterocycles. The van der Waals surface area contributed by atoms with Gasteiger partial charge in [0, 0.05) is 24.8 Å². The molecule has 2 rings (SSSR count). The van der Waals surface area contributed by atoms with Crippen molar-refractivity contribution in [3.05, 3.63) is 29.8 Å². The number of nitrogens with zero attached hydrogens (tertiary/aromatic N) is 1. The first kappa shape index (κ1) is 16.4. The van der Waals surface area contributed by atoms with Crippen LogP contribution in [-0.2, 0) is 0 Å². The molecule has 1 N–H and O–H groups in total. The van der Waals surface area contributed by atoms with Gasteiger partial charge in [0.25, 0.3) is 0 Å². The minimum atomic E-state index is 0.490. The lowest BCUT2D eigenvalue weighted by atomic mass is 9.69. The molecule has 1 aliphatic rings. The number of benzene rings is 1. The molecule has 0 radical (unpaired) electrons. The van der Waals surface area contributed by atoms with E-state index in [1.165, 1.54) is 30.5 Å². The average molecular weight is 288 g/mol. The molecular weight excluding hydrogens is 256 g/mol. The van der Waals surface area contributed by atoms with Crippen LogP contribution >= 0.6 is 0 Å². The van der Waals surface area contributed by atoms with Gasteiger partial charge in [-0.3, -0.25) is 0 Å². The normalized spacial score (nSPS) is 24.8. The summed E-state index contributed by atoms with van der Waals surface area (Å²) >= 11 is 0. The maximum Gasteiger partial charge on any atom is 0.0368 e. The summed E-state index contributed by atoms with van der Waals surface area (Å²) in [6.07, 6.45) is 3.96. The van der Waals surface area contributed by atoms with E-state index in [9.17, 15) is 0 Å². The minimum absolute atomic E-state index is 0.490. The fraction of sp³-hybridized carbons (Fsp3) is 0.684. The average Bonchev–Trinajstić information content (AvgIpc) is 2.44. The third-order valence-corrected chi connectivity index (χ3v) is 5.09. The summed E-state index contributed by atoms with van der Waals surface area (Å²) in [7, 11) is 2.12. The molecule has 2 atom stereocenters. The van der Waals surface area contributed by atoms with Crippen LogP contribution < -0.4 is 10.2 Å². The number of rotatable bonds is 5. The van der Waals surface area contributed by atoms with E-state index >= 15 is 0 Å². The topological polar surface area (TPSA) is 15.3 Å². The van der Waals surface area contributed by atoms with Gasteiger partial charge < -0.3 is 10.2 Å². The lowest BCUT2D eigenvalue weighted by molar-refractivity contribution is 0.145. The zero-order valence-corrected chi connectivity index (χ0v) is 14.4. The second kappa shape index (κ2) is 6.83. The maximum absolute atomic E-state index is 3.56. The molecular formula is C19H32N2. The SMILES string of the molecule is CCN(CC1CC(C)(C)CCC1NC)c1cccc(C)c1. The zero-order chi connectivity index (χ0) is 15.5. The number of anilines is 1. The van der Waals surface area contributed by atoms with Gasteiger partial charge in [-0.15, -0.1) is 0 Å². The lowest BCUT2D eigenvalue weighted by Gasteiger charge is -2.43. The smallest absolute Gasteiger partial charge is 0.0368 e. The lowest BCUT2D eigenvalue weighted by Crippen LogP contribution is -2.46. The first-order chi connectivity index (χ1) is 9.95. The van der Waals surface area contributed by atoms with Crippen molar-refractivity contribution in [1.29, 1.82) is 0 Å². The first-order valence-electron chi connectivity index (χ1n) is 8.44. The molecule has 0 aromatic heterocycles. The van der Waals surface area contributed by atoms with Crippen LogP contribution in [0.3, 0.4) is 0 Å². The maximum atomic E-state index is 3.56. The Bertz CT molecular complexity index is 453. The van der Waals surface area contributed by atoms with Crippen LogP contribution in [0, 0.1) is 18.3 Å². The Morgan fingerprint density at radius 2 is 2.10 bits per heavy atom. The largest absolute Gasteiger partial charge is 0.371 e. The molecule has 1 aromatic carbocycles. The van der Waals surface area contributed by atoms with Gasteiger partial charge in [-0.1, -0.05) is 26.0 Å². The van der Waals surface area contributed by atoms with Crippen LogP contribution in [0.4, 0.5) is 5.69 Å². The molecule has 0 spiro atoms. The fourth-order valence-electron chi connectivity index (χ4n) is 3.83. The van der Waals surface area contributed by atoms with E-state index in [-0.39, 0.29) is 0 Å². The van der Waals surface area contributed by atoms with E-state index in [4.69, 9.17) is 0 Å². The molecule has 21 heavy (non-hydrogen) atoms. The molecule has 1 aromatic rings. The van der Waals surface area contributed by atoms with Crippen LogP contribution in [-0.4, -0.2) is 26.2 Å². The van der Waals surface area contributed by atoms with Crippen molar-refractivity contribution in [3.63, 3.8) is 0 Å². The summed E-state index contributed by atoms with van der Waals surface area (Å²) in [5.41, 5.74) is 3.21. The van der Waals surface area contributed by atoms with E-state index in [2.05, 4.69) is 69.2 Å². The quantitative estimate of drug-likeness (QED) is 0.872. The van der Waals surface area contributed by atoms with Crippen molar-refractivity contribution in [1.82, 2.24) is 5.32 Å². The van der Waals surface area contributed by atoms with Gasteiger partial charge in [0.05, 0.1) is 0 Å². The standard InChI is InChI=1S/C19H32N2/c1-6-21(17-9-7-8-15(2)12-17)14-16-13-19(3,4)11-10-18(16)20-5/h7-9,12,16,18,20H,6,10-11,13-14H2,1-5H3. The van der Waals surface area contributed by atoms with Crippen molar-refractivity contribution < 1.29 is 0 Å². The summed E-state index contributed by atoms with van der Waals surface area (Å²) in [5.74, 6) is 0.735. The Balaban J connectivity index is 2.12. The van der Waals surface area contributed by atoms with Crippen LogP contribution in [0.2, 0.25) is 0 Å². The summed E-state index contributed by atoms with van der Waals surface area (Å²) < 4.78 is 0. The minimum Gasteiger partial charge on any atom is -0.371 e. The van der Waals surface area contributed by atoms with Crippen molar-refractivity contribution in [3.8, 4) is 0 Å². The molecule has 1 saturated carbocycles. The molecule has 0 amide bonds. The third-order valence-electron chi connectivity index (χ3n) is 5.09. The van der Waals surface area contributed by atoms with Crippen molar-refractivity contribution >= 4 is 5.69 Å². The Kier molecular flexibility index (Phi) is 5.32. The number of nitrogens with one attached hydrogen (secondary N) is 1. The van der Waals surface area contributed by atoms with Gasteiger partial charge in [0.15, 0.2) is 0 Å². The summed E-state index contributed by atoms with van der Waals surface area (Å²) in [4.78, 5) is 2.55. The summed E-state index contributed by atoms with van der Waals surface area (Å²) in [6.45, 7) is 11.5. The van der Waals surface area contributed by atoms with Crippen molar-refractivity contribution in [2.75, 3.05) is 25.0 Å². The number of aryl methyl sites for hydroxylation is 1. The molecule has 2 nitrogen and oxygen atoms in total. The summed E-state index contributed by atoms with van der Waals surface area (Å²) in [5, 5.41) is 3.56. The Hall–Kier alpha value is -1.02. The van der Waals surface area contributed by atoms with Gasteiger partial charge >= 0.3 is 0 Å². The molecule has 2 unspecified atom stereocenters. The fourth-order valence-corrected chi connectivity index (χ4v) is 3.83. The summed E-state index contributed by atoms with van der Waals surface area (Å²) in [6, 6.07) is 9.58. The van der Waals surface area contributed by atoms with Crippen LogP contribution in [0.1, 0.15) is 45.6 Å². The molecule has 1 fully saturated rings. The predicted octanol–water partition coefficient (Wildman–Crippen LogP) is 4.24. The molecule has 1 aliphatic carbocycles. The monoisotopic (exact) mass is 288 g/mol. The highest BCUT2D eigenvalue weighted by molar-refractivity contribution is 5.48. The van der Waals surface area contributed by atoms with Gasteiger partial charge in [-0.25, -0.2) is 0 Å². The molecule has 2 heteroatoms. The molecule has 0 heterocycles. The molecule has 0 bridgehead atoms. The van der Waals surface area contributed by atoms with Gasteiger partial charge in [0.2, 0.25) is 0 Å². The van der Waals surface area contributed by atoms with Gasteiger partial charge in [-0.2, -0.15) is 0 Å². The van der Waals surface area contributed by atoms with Gasteiger partial charge in [-0.05, 0) is 69.2 Å². The highest BCUT2D eigenvalue weighted by atomic mass is 15.1. The van der Waals surface area contributed by atoms with Crippen molar-refractivity contribution in [2.24, 2.45) is 11.3 Å². The highest BCUT2D eigenvalue weighted by Gasteiger charge is 2.34. The Morgan fingerprint density at radius 3 is 2.71 bits per heavy atom. The van der Waals surface area contributed by atoms with E-state index in [1.54, 1.807) is 0 Å². The van der Waals surface area contributed by atoms with Crippen LogP contribution in [0.25, 0.3) is 0 Å². The van der Waals surface area contributed by atoms with E-state index in [0.717, 1.165) is 19.0 Å². The van der Waals surface area contributed by atoms with Gasteiger partial charge in [0.1, 0.15) is 0 Å². The van der Waals surface area contributed by atoms with E-state index in [1.807, 2.05) is 0 Å². The Morgan fingerprint density at radius 1 is 1.33 bits per heavy atom. The first-order valence-corrected chi connectivity index (χ1v) is 8.44. The number of hydrogen-bond donors (Lipinski definition) is 1. The van der Waals surface area contributed by atoms with Crippen molar-refractivity contribution in [2.45, 2.75) is 53.0 Å². The second-order valence-electron chi connectivity index (χ2n) is 7.44. The highest BCUT2D eigenvalue weighted by Crippen LogP contribution is 2.39. The van der Waals surface area contributed by atoms with E-state index < -0.39 is 0 Å². The molecule has 118 valence electrons. The van der Waals surface area contributed by atoms with E-state index in [0.29, 0.717) is 11.5 Å². The second-order valence-corrected chi connectivity index (χ2v) is 7.44. The molecule has 0 aliphatic heterocycles. The van der Waals surface area contributed by atoms with Crippen LogP contribution in [0.5, 0.6) is 0 Å². The number of hydrogen-bond acceptors (Lipinski definition) is 2.